The summed E-state index contributed by atoms with van der Waals surface area (Å²) in [7, 11) is -1.62. The maximum absolute atomic E-state index is 12.7. The van der Waals surface area contributed by atoms with E-state index in [1.54, 1.807) is 33.2 Å². The zero-order valence-electron chi connectivity index (χ0n) is 18.1. The largest absolute Gasteiger partial charge is 0.488 e. The fourth-order valence-corrected chi connectivity index (χ4v) is 4.56. The van der Waals surface area contributed by atoms with Gasteiger partial charge in [-0.1, -0.05) is 0 Å². The monoisotopic (exact) mass is 449 g/mol. The van der Waals surface area contributed by atoms with E-state index in [9.17, 15) is 4.57 Å². The second-order valence-corrected chi connectivity index (χ2v) is 8.76. The lowest BCUT2D eigenvalue weighted by atomic mass is 10.2. The van der Waals surface area contributed by atoms with Gasteiger partial charge in [0, 0.05) is 24.8 Å². The summed E-state index contributed by atoms with van der Waals surface area (Å²) in [6.45, 7) is 6.56. The summed E-state index contributed by atoms with van der Waals surface area (Å²) < 4.78 is 35.9. The molecule has 31 heavy (non-hydrogen) atoms. The molecule has 0 spiro atoms. The van der Waals surface area contributed by atoms with Crippen molar-refractivity contribution < 1.29 is 23.1 Å². The van der Waals surface area contributed by atoms with Crippen LogP contribution in [0.25, 0.3) is 10.9 Å². The first-order valence-electron chi connectivity index (χ1n) is 10.0. The molecular formula is C20H28N5O5P. The van der Waals surface area contributed by atoms with E-state index >= 15 is 0 Å². The molecule has 0 aliphatic rings. The topological polar surface area (TPSA) is 110 Å². The van der Waals surface area contributed by atoms with Crippen molar-refractivity contribution >= 4 is 30.1 Å². The summed E-state index contributed by atoms with van der Waals surface area (Å²) in [4.78, 5) is 8.65. The number of nitrogens with one attached hydrogen (secondary N) is 1. The Balaban J connectivity index is 1.79. The fourth-order valence-electron chi connectivity index (χ4n) is 3.03. The van der Waals surface area contributed by atoms with Gasteiger partial charge in [-0.05, 0) is 39.0 Å². The summed E-state index contributed by atoms with van der Waals surface area (Å²) in [5, 5.41) is 8.40. The van der Waals surface area contributed by atoms with E-state index in [0.29, 0.717) is 37.2 Å². The van der Waals surface area contributed by atoms with Crippen LogP contribution in [0.15, 0.2) is 36.8 Å². The zero-order chi connectivity index (χ0) is 22.3. The predicted molar refractivity (Wildman–Crippen MR) is 118 cm³/mol. The van der Waals surface area contributed by atoms with Crippen LogP contribution in [0.5, 0.6) is 5.75 Å². The number of benzene rings is 1. The van der Waals surface area contributed by atoms with Gasteiger partial charge >= 0.3 is 7.60 Å². The number of nitrogens with zero attached hydrogens (tertiary/aromatic N) is 4. The summed E-state index contributed by atoms with van der Waals surface area (Å²) in [6, 6.07) is 7.37. The molecule has 1 atom stereocenters. The van der Waals surface area contributed by atoms with Crippen LogP contribution in [-0.2, 0) is 24.6 Å². The first kappa shape index (κ1) is 23.1. The Morgan fingerprint density at radius 2 is 1.94 bits per heavy atom. The number of fused-ring (bicyclic) bond motifs is 1. The molecular weight excluding hydrogens is 421 g/mol. The van der Waals surface area contributed by atoms with Crippen molar-refractivity contribution in [2.75, 3.05) is 32.2 Å². The van der Waals surface area contributed by atoms with Gasteiger partial charge in [-0.3, -0.25) is 9.25 Å². The molecule has 2 aromatic heterocycles. The van der Waals surface area contributed by atoms with Crippen molar-refractivity contribution in [3.8, 4) is 5.75 Å². The minimum Gasteiger partial charge on any atom is -0.488 e. The second kappa shape index (κ2) is 10.7. The minimum absolute atomic E-state index is 0.0241. The average Bonchev–Trinajstić information content (AvgIpc) is 3.15. The molecule has 0 aliphatic carbocycles. The van der Waals surface area contributed by atoms with Crippen LogP contribution in [-0.4, -0.2) is 52.8 Å². The van der Waals surface area contributed by atoms with Crippen molar-refractivity contribution in [3.05, 3.63) is 36.8 Å². The van der Waals surface area contributed by atoms with E-state index in [-0.39, 0.29) is 12.4 Å². The van der Waals surface area contributed by atoms with Crippen LogP contribution in [0.4, 0.5) is 11.6 Å². The molecule has 3 rings (SSSR count). The number of hydrogen-bond donors (Lipinski definition) is 1. The smallest absolute Gasteiger partial charge is 0.351 e. The van der Waals surface area contributed by atoms with Crippen molar-refractivity contribution in [2.24, 2.45) is 0 Å². The lowest BCUT2D eigenvalue weighted by Gasteiger charge is -2.16. The Bertz CT molecular complexity index is 1030. The van der Waals surface area contributed by atoms with Crippen LogP contribution >= 0.6 is 7.60 Å². The predicted octanol–water partition coefficient (Wildman–Crippen LogP) is 4.21. The van der Waals surface area contributed by atoms with E-state index in [2.05, 4.69) is 20.4 Å². The van der Waals surface area contributed by atoms with Gasteiger partial charge in [0.2, 0.25) is 0 Å². The van der Waals surface area contributed by atoms with Crippen LogP contribution in [0, 0.1) is 0 Å². The van der Waals surface area contributed by atoms with Crippen molar-refractivity contribution in [2.45, 2.75) is 33.2 Å². The molecule has 11 heteroatoms. The normalized spacial score (nSPS) is 12.8. The van der Waals surface area contributed by atoms with Gasteiger partial charge in [-0.2, -0.15) is 5.10 Å². The van der Waals surface area contributed by atoms with Crippen LogP contribution in [0.3, 0.4) is 0 Å². The molecule has 168 valence electrons. The molecule has 0 unspecified atom stereocenters. The SMILES string of the molecule is CCOP(=O)(Cn1ccc(Nc2ncnc3ccc(O[C@@H](C)COC)cc23)n1)OCC. The quantitative estimate of drug-likeness (QED) is 0.407. The van der Waals surface area contributed by atoms with Gasteiger partial charge < -0.3 is 23.8 Å². The highest BCUT2D eigenvalue weighted by Crippen LogP contribution is 2.49. The van der Waals surface area contributed by atoms with E-state index in [1.165, 1.54) is 11.0 Å². The minimum atomic E-state index is -3.26. The van der Waals surface area contributed by atoms with Gasteiger partial charge in [-0.15, -0.1) is 0 Å². The molecule has 0 saturated heterocycles. The molecule has 1 aromatic carbocycles. The Morgan fingerprint density at radius 1 is 1.16 bits per heavy atom. The first-order chi connectivity index (χ1) is 15.0. The third-order valence-corrected chi connectivity index (χ3v) is 6.14. The van der Waals surface area contributed by atoms with Crippen LogP contribution in [0.2, 0.25) is 0 Å². The third kappa shape index (κ3) is 6.24. The molecule has 0 saturated carbocycles. The average molecular weight is 449 g/mol. The van der Waals surface area contributed by atoms with Crippen molar-refractivity contribution in [1.82, 2.24) is 19.7 Å². The van der Waals surface area contributed by atoms with Gasteiger partial charge in [0.05, 0.1) is 25.3 Å². The van der Waals surface area contributed by atoms with E-state index in [4.69, 9.17) is 18.5 Å². The maximum atomic E-state index is 12.7. The maximum Gasteiger partial charge on any atom is 0.351 e. The molecule has 3 aromatic rings. The Hall–Kier alpha value is -2.52. The lowest BCUT2D eigenvalue weighted by Crippen LogP contribution is -2.17. The van der Waals surface area contributed by atoms with Crippen molar-refractivity contribution in [3.63, 3.8) is 0 Å². The lowest BCUT2D eigenvalue weighted by molar-refractivity contribution is 0.0922. The molecule has 1 N–H and O–H groups in total. The number of ether oxygens (including phenoxy) is 2. The molecule has 0 amide bonds. The Kier molecular flexibility index (Phi) is 7.97. The van der Waals surface area contributed by atoms with E-state index in [0.717, 1.165) is 10.9 Å². The standard InChI is InChI=1S/C20H28N5O5P/c1-5-28-31(26,29-6-2)14-25-10-9-19(24-25)23-20-17-11-16(30-15(3)12-27-4)7-8-18(17)21-13-22-20/h7-11,13,15H,5-6,12,14H2,1-4H3,(H,21,22,23,24)/t15-/m0/s1. The highest BCUT2D eigenvalue weighted by Gasteiger charge is 2.24. The molecule has 0 fully saturated rings. The number of methoxy groups -OCH3 is 1. The summed E-state index contributed by atoms with van der Waals surface area (Å²) in [6.07, 6.45) is 3.12. The fraction of sp³-hybridized carbons (Fsp3) is 0.450. The molecule has 0 bridgehead atoms. The van der Waals surface area contributed by atoms with Crippen LogP contribution in [0.1, 0.15) is 20.8 Å². The summed E-state index contributed by atoms with van der Waals surface area (Å²) >= 11 is 0. The third-order valence-electron chi connectivity index (χ3n) is 4.20. The highest BCUT2D eigenvalue weighted by molar-refractivity contribution is 7.52. The zero-order valence-corrected chi connectivity index (χ0v) is 19.0. The second-order valence-electron chi connectivity index (χ2n) is 6.74. The van der Waals surface area contributed by atoms with E-state index in [1.807, 2.05) is 25.1 Å². The molecule has 10 nitrogen and oxygen atoms in total. The van der Waals surface area contributed by atoms with E-state index < -0.39 is 7.60 Å². The van der Waals surface area contributed by atoms with Gasteiger partial charge in [0.25, 0.3) is 0 Å². The highest BCUT2D eigenvalue weighted by atomic mass is 31.2. The first-order valence-corrected chi connectivity index (χ1v) is 11.8. The number of aromatic nitrogens is 4. The number of anilines is 2. The summed E-state index contributed by atoms with van der Waals surface area (Å²) in [5.41, 5.74) is 0.765. The van der Waals surface area contributed by atoms with Crippen molar-refractivity contribution in [1.29, 1.82) is 0 Å². The Labute approximate surface area is 181 Å². The summed E-state index contributed by atoms with van der Waals surface area (Å²) in [5.74, 6) is 1.81. The Morgan fingerprint density at radius 3 is 2.65 bits per heavy atom. The number of hydrogen-bond acceptors (Lipinski definition) is 9. The van der Waals surface area contributed by atoms with Crippen LogP contribution < -0.4 is 10.1 Å². The number of rotatable bonds is 12. The van der Waals surface area contributed by atoms with Gasteiger partial charge in [0.1, 0.15) is 30.3 Å². The molecule has 2 heterocycles. The van der Waals surface area contributed by atoms with Gasteiger partial charge in [-0.25, -0.2) is 9.97 Å². The van der Waals surface area contributed by atoms with Gasteiger partial charge in [0.15, 0.2) is 5.82 Å². The molecule has 0 aliphatic heterocycles. The molecule has 0 radical (unpaired) electrons.